The van der Waals surface area contributed by atoms with Crippen LogP contribution in [0.15, 0.2) is 16.6 Å². The molecule has 4 heteroatoms. The molecule has 1 unspecified atom stereocenters. The van der Waals surface area contributed by atoms with Crippen LogP contribution in [0.2, 0.25) is 0 Å². The van der Waals surface area contributed by atoms with Gasteiger partial charge in [-0.2, -0.15) is 0 Å². The summed E-state index contributed by atoms with van der Waals surface area (Å²) >= 11 is 3.48. The number of nitrogens with two attached hydrogens (primary N) is 1. The van der Waals surface area contributed by atoms with Gasteiger partial charge in [0.2, 0.25) is 0 Å². The van der Waals surface area contributed by atoms with Crippen LogP contribution in [0.25, 0.3) is 0 Å². The zero-order valence-corrected chi connectivity index (χ0v) is 11.2. The van der Waals surface area contributed by atoms with Crippen LogP contribution in [0, 0.1) is 6.92 Å². The third-order valence-electron chi connectivity index (χ3n) is 3.20. The van der Waals surface area contributed by atoms with Gasteiger partial charge >= 0.3 is 0 Å². The summed E-state index contributed by atoms with van der Waals surface area (Å²) in [6.45, 7) is 3.82. The first kappa shape index (κ1) is 11.9. The molecule has 2 heterocycles. The molecule has 1 atom stereocenters. The Morgan fingerprint density at radius 1 is 1.50 bits per heavy atom. The second kappa shape index (κ2) is 5.15. The molecule has 1 aromatic rings. The molecule has 0 radical (unpaired) electrons. The molecule has 2 N–H and O–H groups in total. The highest BCUT2D eigenvalue weighted by atomic mass is 79.9. The lowest BCUT2D eigenvalue weighted by Crippen LogP contribution is -2.44. The highest BCUT2D eigenvalue weighted by molar-refractivity contribution is 9.10. The molecule has 1 saturated heterocycles. The Morgan fingerprint density at radius 2 is 2.31 bits per heavy atom. The van der Waals surface area contributed by atoms with Crippen LogP contribution in [-0.2, 0) is 0 Å². The van der Waals surface area contributed by atoms with Gasteiger partial charge in [-0.1, -0.05) is 0 Å². The van der Waals surface area contributed by atoms with E-state index in [0.29, 0.717) is 6.04 Å². The predicted molar refractivity (Wildman–Crippen MR) is 70.7 cm³/mol. The van der Waals surface area contributed by atoms with Crippen molar-refractivity contribution in [2.45, 2.75) is 32.2 Å². The lowest BCUT2D eigenvalue weighted by Gasteiger charge is -2.36. The summed E-state index contributed by atoms with van der Waals surface area (Å²) in [6.07, 6.45) is 3.72. The second-order valence-corrected chi connectivity index (χ2v) is 5.17. The van der Waals surface area contributed by atoms with Crippen molar-refractivity contribution in [2.24, 2.45) is 5.73 Å². The molecule has 0 saturated carbocycles. The molecule has 2 rings (SSSR count). The summed E-state index contributed by atoms with van der Waals surface area (Å²) in [7, 11) is 0. The molecule has 1 aliphatic heterocycles. The highest BCUT2D eigenvalue weighted by Crippen LogP contribution is 2.25. The quantitative estimate of drug-likeness (QED) is 0.907. The first-order chi connectivity index (χ1) is 7.72. The Labute approximate surface area is 105 Å². The van der Waals surface area contributed by atoms with E-state index in [0.717, 1.165) is 29.1 Å². The van der Waals surface area contributed by atoms with Gasteiger partial charge in [0, 0.05) is 23.6 Å². The van der Waals surface area contributed by atoms with Gasteiger partial charge in [-0.15, -0.1) is 0 Å². The van der Waals surface area contributed by atoms with Crippen molar-refractivity contribution < 1.29 is 0 Å². The predicted octanol–water partition coefficient (Wildman–Crippen LogP) is 2.47. The third-order valence-corrected chi connectivity index (χ3v) is 4.04. The molecular weight excluding hydrogens is 266 g/mol. The number of piperidine rings is 1. The van der Waals surface area contributed by atoms with Gasteiger partial charge in [-0.05, 0) is 54.2 Å². The number of hydrogen-bond donors (Lipinski definition) is 1. The number of halogens is 1. The smallest absolute Gasteiger partial charge is 0.129 e. The van der Waals surface area contributed by atoms with Crippen LogP contribution in [0.1, 0.15) is 25.0 Å². The van der Waals surface area contributed by atoms with E-state index in [1.807, 2.05) is 6.92 Å². The number of pyridine rings is 1. The number of aryl methyl sites for hydroxylation is 1. The Bertz CT molecular complexity index is 367. The normalized spacial score (nSPS) is 21.2. The van der Waals surface area contributed by atoms with Gasteiger partial charge in [-0.25, -0.2) is 4.98 Å². The molecule has 1 aromatic heterocycles. The average Bonchev–Trinajstić information content (AvgIpc) is 2.32. The molecule has 0 aliphatic carbocycles. The molecule has 16 heavy (non-hydrogen) atoms. The molecule has 0 amide bonds. The van der Waals surface area contributed by atoms with E-state index >= 15 is 0 Å². The van der Waals surface area contributed by atoms with Crippen molar-refractivity contribution in [1.29, 1.82) is 0 Å². The minimum Gasteiger partial charge on any atom is -0.352 e. The molecular formula is C12H18BrN3. The monoisotopic (exact) mass is 283 g/mol. The fourth-order valence-corrected chi connectivity index (χ4v) is 2.46. The van der Waals surface area contributed by atoms with Gasteiger partial charge in [0.05, 0.1) is 5.69 Å². The van der Waals surface area contributed by atoms with E-state index in [1.165, 1.54) is 19.3 Å². The van der Waals surface area contributed by atoms with Crippen LogP contribution >= 0.6 is 15.9 Å². The number of rotatable bonds is 2. The minimum atomic E-state index is 0.460. The average molecular weight is 284 g/mol. The Hall–Kier alpha value is -0.610. The number of anilines is 1. The molecule has 88 valence electrons. The Morgan fingerprint density at radius 3 is 3.00 bits per heavy atom. The van der Waals surface area contributed by atoms with E-state index in [4.69, 9.17) is 5.73 Å². The van der Waals surface area contributed by atoms with Crippen molar-refractivity contribution in [3.63, 3.8) is 0 Å². The fraction of sp³-hybridized carbons (Fsp3) is 0.583. The zero-order valence-electron chi connectivity index (χ0n) is 9.62. The summed E-state index contributed by atoms with van der Waals surface area (Å²) in [6, 6.07) is 4.60. The zero-order chi connectivity index (χ0) is 11.5. The van der Waals surface area contributed by atoms with Crippen LogP contribution in [0.3, 0.4) is 0 Å². The van der Waals surface area contributed by atoms with Crippen LogP contribution in [0.5, 0.6) is 0 Å². The van der Waals surface area contributed by atoms with Gasteiger partial charge in [0.25, 0.3) is 0 Å². The maximum atomic E-state index is 5.82. The summed E-state index contributed by atoms with van der Waals surface area (Å²) in [4.78, 5) is 6.97. The second-order valence-electron chi connectivity index (χ2n) is 4.32. The highest BCUT2D eigenvalue weighted by Gasteiger charge is 2.22. The summed E-state index contributed by atoms with van der Waals surface area (Å²) in [5.41, 5.74) is 6.86. The molecule has 0 bridgehead atoms. The van der Waals surface area contributed by atoms with E-state index in [1.54, 1.807) is 0 Å². The third kappa shape index (κ3) is 2.38. The van der Waals surface area contributed by atoms with Crippen LogP contribution < -0.4 is 10.6 Å². The number of hydrogen-bond acceptors (Lipinski definition) is 3. The van der Waals surface area contributed by atoms with Gasteiger partial charge in [0.1, 0.15) is 5.82 Å². The summed E-state index contributed by atoms with van der Waals surface area (Å²) in [5.74, 6) is 1.07. The van der Waals surface area contributed by atoms with Crippen molar-refractivity contribution in [3.8, 4) is 0 Å². The minimum absolute atomic E-state index is 0.460. The van der Waals surface area contributed by atoms with Crippen molar-refractivity contribution in [2.75, 3.05) is 18.0 Å². The lowest BCUT2D eigenvalue weighted by atomic mass is 10.0. The van der Waals surface area contributed by atoms with Gasteiger partial charge < -0.3 is 10.6 Å². The van der Waals surface area contributed by atoms with Crippen molar-refractivity contribution in [1.82, 2.24) is 4.98 Å². The van der Waals surface area contributed by atoms with E-state index in [9.17, 15) is 0 Å². The van der Waals surface area contributed by atoms with E-state index in [2.05, 4.69) is 37.9 Å². The first-order valence-electron chi connectivity index (χ1n) is 5.82. The van der Waals surface area contributed by atoms with Gasteiger partial charge in [-0.3, -0.25) is 0 Å². The topological polar surface area (TPSA) is 42.2 Å². The number of nitrogens with zero attached hydrogens (tertiary/aromatic N) is 2. The maximum absolute atomic E-state index is 5.82. The molecule has 0 aromatic carbocycles. The lowest BCUT2D eigenvalue weighted by molar-refractivity contribution is 0.462. The summed E-state index contributed by atoms with van der Waals surface area (Å²) in [5, 5.41) is 0. The molecule has 0 spiro atoms. The van der Waals surface area contributed by atoms with E-state index < -0.39 is 0 Å². The standard InChI is InChI=1S/C12H18BrN3/c1-9-11(13)5-6-12(15-9)16-7-3-2-4-10(16)8-14/h5-6,10H,2-4,7-8,14H2,1H3. The fourth-order valence-electron chi connectivity index (χ4n) is 2.24. The molecule has 3 nitrogen and oxygen atoms in total. The van der Waals surface area contributed by atoms with Crippen molar-refractivity contribution in [3.05, 3.63) is 22.3 Å². The SMILES string of the molecule is Cc1nc(N2CCCCC2CN)ccc1Br. The van der Waals surface area contributed by atoms with Crippen LogP contribution in [-0.4, -0.2) is 24.1 Å². The van der Waals surface area contributed by atoms with Crippen molar-refractivity contribution >= 4 is 21.7 Å². The maximum Gasteiger partial charge on any atom is 0.129 e. The Kier molecular flexibility index (Phi) is 3.82. The largest absolute Gasteiger partial charge is 0.352 e. The first-order valence-corrected chi connectivity index (χ1v) is 6.61. The van der Waals surface area contributed by atoms with Crippen LogP contribution in [0.4, 0.5) is 5.82 Å². The molecule has 1 fully saturated rings. The van der Waals surface area contributed by atoms with Gasteiger partial charge in [0.15, 0.2) is 0 Å². The molecule has 1 aliphatic rings. The van der Waals surface area contributed by atoms with E-state index in [-0.39, 0.29) is 0 Å². The Balaban J connectivity index is 2.23. The summed E-state index contributed by atoms with van der Waals surface area (Å²) < 4.78 is 1.07. The number of aromatic nitrogens is 1.